The molecule has 0 fully saturated rings. The van der Waals surface area contributed by atoms with Crippen molar-refractivity contribution in [3.05, 3.63) is 139 Å². The van der Waals surface area contributed by atoms with Crippen molar-refractivity contribution in [3.8, 4) is 33.4 Å². The van der Waals surface area contributed by atoms with E-state index in [-0.39, 0.29) is 0 Å². The van der Waals surface area contributed by atoms with Crippen molar-refractivity contribution in [2.75, 3.05) is 0 Å². The fourth-order valence-electron chi connectivity index (χ4n) is 5.90. The van der Waals surface area contributed by atoms with Crippen LogP contribution >= 0.6 is 0 Å². The van der Waals surface area contributed by atoms with E-state index in [1.807, 2.05) is 0 Å². The minimum atomic E-state index is 1.12. The van der Waals surface area contributed by atoms with Gasteiger partial charge in [0.25, 0.3) is 0 Å². The Balaban J connectivity index is 1.62. The second-order valence-corrected chi connectivity index (χ2v) is 9.61. The molecule has 170 valence electrons. The Morgan fingerprint density at radius 1 is 0.444 bits per heavy atom. The molecular weight excluding hydrogens is 432 g/mol. The van der Waals surface area contributed by atoms with Crippen molar-refractivity contribution in [1.29, 1.82) is 0 Å². The van der Waals surface area contributed by atoms with Gasteiger partial charge < -0.3 is 0 Å². The zero-order chi connectivity index (χ0) is 23.9. The first-order valence-corrected chi connectivity index (χ1v) is 12.8. The molecule has 6 aromatic rings. The molecule has 0 nitrogen and oxygen atoms in total. The second kappa shape index (κ2) is 8.66. The van der Waals surface area contributed by atoms with Gasteiger partial charge in [0.15, 0.2) is 0 Å². The van der Waals surface area contributed by atoms with E-state index in [2.05, 4.69) is 133 Å². The topological polar surface area (TPSA) is 0 Å². The standard InChI is InChI=1S/C36H26/c1-3-13-26(14-4-1)35-31-19-9-10-20-32(31)36(27-15-5-2-6-16-27)34-24-28(22-23-33(34)35)30-21-11-17-25-12-7-8-18-29(25)30/h1-6,8-11,13-24H,7,12H2. The first-order chi connectivity index (χ1) is 17.9. The highest BCUT2D eigenvalue weighted by Gasteiger charge is 2.18. The van der Waals surface area contributed by atoms with Gasteiger partial charge in [-0.25, -0.2) is 0 Å². The molecule has 6 aromatic carbocycles. The number of fused-ring (bicyclic) bond motifs is 3. The van der Waals surface area contributed by atoms with Crippen LogP contribution in [0.2, 0.25) is 0 Å². The Kier molecular flexibility index (Phi) is 5.03. The molecule has 0 radical (unpaired) electrons. The maximum absolute atomic E-state index is 2.43. The van der Waals surface area contributed by atoms with Crippen LogP contribution in [0.5, 0.6) is 0 Å². The van der Waals surface area contributed by atoms with Gasteiger partial charge >= 0.3 is 0 Å². The summed E-state index contributed by atoms with van der Waals surface area (Å²) in [6.07, 6.45) is 6.86. The molecule has 0 saturated heterocycles. The van der Waals surface area contributed by atoms with E-state index in [1.54, 1.807) is 0 Å². The molecule has 0 unspecified atom stereocenters. The van der Waals surface area contributed by atoms with E-state index in [4.69, 9.17) is 0 Å². The van der Waals surface area contributed by atoms with Crippen molar-refractivity contribution in [1.82, 2.24) is 0 Å². The molecule has 0 heterocycles. The minimum absolute atomic E-state index is 1.12. The smallest absolute Gasteiger partial charge is 0.00262 e. The van der Waals surface area contributed by atoms with Gasteiger partial charge in [0.05, 0.1) is 0 Å². The maximum Gasteiger partial charge on any atom is -0.00262 e. The van der Waals surface area contributed by atoms with Crippen LogP contribution in [-0.4, -0.2) is 0 Å². The quantitative estimate of drug-likeness (QED) is 0.231. The summed E-state index contributed by atoms with van der Waals surface area (Å²) in [7, 11) is 0. The van der Waals surface area contributed by atoms with Crippen LogP contribution in [0.4, 0.5) is 0 Å². The van der Waals surface area contributed by atoms with Gasteiger partial charge in [0.1, 0.15) is 0 Å². The van der Waals surface area contributed by atoms with Crippen LogP contribution in [-0.2, 0) is 6.42 Å². The Hall–Kier alpha value is -4.42. The van der Waals surface area contributed by atoms with Gasteiger partial charge in [0.2, 0.25) is 0 Å². The average molecular weight is 459 g/mol. The Morgan fingerprint density at radius 2 is 1.06 bits per heavy atom. The van der Waals surface area contributed by atoms with Crippen molar-refractivity contribution in [2.24, 2.45) is 0 Å². The molecule has 0 saturated carbocycles. The summed E-state index contributed by atoms with van der Waals surface area (Å²) in [6, 6.07) is 44.4. The number of allylic oxidation sites excluding steroid dienone is 1. The van der Waals surface area contributed by atoms with Gasteiger partial charge in [-0.1, -0.05) is 127 Å². The molecule has 0 heteroatoms. The minimum Gasteiger partial charge on any atom is -0.0836 e. The summed E-state index contributed by atoms with van der Waals surface area (Å²) in [5, 5.41) is 5.18. The summed E-state index contributed by atoms with van der Waals surface area (Å²) in [5.74, 6) is 0. The van der Waals surface area contributed by atoms with Crippen molar-refractivity contribution in [3.63, 3.8) is 0 Å². The molecule has 1 aliphatic carbocycles. The lowest BCUT2D eigenvalue weighted by molar-refractivity contribution is 0.986. The lowest BCUT2D eigenvalue weighted by Gasteiger charge is -2.20. The number of benzene rings is 6. The highest BCUT2D eigenvalue weighted by molar-refractivity contribution is 6.22. The number of rotatable bonds is 3. The van der Waals surface area contributed by atoms with Crippen LogP contribution < -0.4 is 0 Å². The van der Waals surface area contributed by atoms with Gasteiger partial charge in [-0.2, -0.15) is 0 Å². The monoisotopic (exact) mass is 458 g/mol. The number of aryl methyl sites for hydroxylation is 1. The fraction of sp³-hybridized carbons (Fsp3) is 0.0556. The van der Waals surface area contributed by atoms with Crippen LogP contribution in [0.15, 0.2) is 127 Å². The summed E-state index contributed by atoms with van der Waals surface area (Å²) in [5.41, 5.74) is 10.5. The van der Waals surface area contributed by atoms with Gasteiger partial charge in [-0.15, -0.1) is 0 Å². The van der Waals surface area contributed by atoms with Gasteiger partial charge in [-0.05, 0) is 85.0 Å². The summed E-state index contributed by atoms with van der Waals surface area (Å²) >= 11 is 0. The molecule has 1 aliphatic rings. The highest BCUT2D eigenvalue weighted by Crippen LogP contribution is 2.45. The molecule has 0 aliphatic heterocycles. The molecule has 7 rings (SSSR count). The first-order valence-electron chi connectivity index (χ1n) is 12.8. The molecule has 0 bridgehead atoms. The van der Waals surface area contributed by atoms with E-state index >= 15 is 0 Å². The van der Waals surface area contributed by atoms with Crippen molar-refractivity contribution >= 4 is 27.6 Å². The first kappa shape index (κ1) is 20.9. The zero-order valence-corrected chi connectivity index (χ0v) is 20.1. The van der Waals surface area contributed by atoms with E-state index in [9.17, 15) is 0 Å². The predicted molar refractivity (Wildman–Crippen MR) is 155 cm³/mol. The van der Waals surface area contributed by atoms with Crippen LogP contribution in [0.1, 0.15) is 17.5 Å². The molecule has 0 N–H and O–H groups in total. The predicted octanol–water partition coefficient (Wildman–Crippen LogP) is 9.95. The Morgan fingerprint density at radius 3 is 1.75 bits per heavy atom. The summed E-state index contributed by atoms with van der Waals surface area (Å²) < 4.78 is 0. The summed E-state index contributed by atoms with van der Waals surface area (Å²) in [4.78, 5) is 0. The number of hydrogen-bond acceptors (Lipinski definition) is 0. The third-order valence-corrected chi connectivity index (χ3v) is 7.52. The molecule has 0 aromatic heterocycles. The van der Waals surface area contributed by atoms with E-state index in [1.165, 1.54) is 66.1 Å². The molecular formula is C36H26. The largest absolute Gasteiger partial charge is 0.0836 e. The van der Waals surface area contributed by atoms with Crippen LogP contribution in [0, 0.1) is 0 Å². The third kappa shape index (κ3) is 3.38. The highest BCUT2D eigenvalue weighted by atomic mass is 14.2. The molecule has 0 spiro atoms. The zero-order valence-electron chi connectivity index (χ0n) is 20.1. The van der Waals surface area contributed by atoms with E-state index in [0.717, 1.165) is 12.8 Å². The lowest BCUT2D eigenvalue weighted by Crippen LogP contribution is -1.97. The maximum atomic E-state index is 2.43. The van der Waals surface area contributed by atoms with Crippen molar-refractivity contribution in [2.45, 2.75) is 12.8 Å². The summed E-state index contributed by atoms with van der Waals surface area (Å²) in [6.45, 7) is 0. The Labute approximate surface area is 212 Å². The third-order valence-electron chi connectivity index (χ3n) is 7.52. The fourth-order valence-corrected chi connectivity index (χ4v) is 5.90. The molecule has 36 heavy (non-hydrogen) atoms. The molecule has 0 atom stereocenters. The molecule has 0 amide bonds. The van der Waals surface area contributed by atoms with Crippen LogP contribution in [0.3, 0.4) is 0 Å². The van der Waals surface area contributed by atoms with E-state index < -0.39 is 0 Å². The van der Waals surface area contributed by atoms with Crippen LogP contribution in [0.25, 0.3) is 61.0 Å². The van der Waals surface area contributed by atoms with Crippen molar-refractivity contribution < 1.29 is 0 Å². The Bertz CT molecular complexity index is 1760. The average Bonchev–Trinajstić information content (AvgIpc) is 2.96. The van der Waals surface area contributed by atoms with Gasteiger partial charge in [0, 0.05) is 0 Å². The lowest BCUT2D eigenvalue weighted by atomic mass is 9.84. The SMILES string of the molecule is C1=Cc2c(cccc2-c2ccc3c(-c4ccccc4)c4ccccc4c(-c4ccccc4)c3c2)CC1. The second-order valence-electron chi connectivity index (χ2n) is 9.61. The number of hydrogen-bond donors (Lipinski definition) is 0. The van der Waals surface area contributed by atoms with E-state index in [0.29, 0.717) is 0 Å². The van der Waals surface area contributed by atoms with Gasteiger partial charge in [-0.3, -0.25) is 0 Å². The normalized spacial score (nSPS) is 12.7.